The molecular weight excluding hydrogens is 713 g/mol. The highest BCUT2D eigenvalue weighted by Gasteiger charge is 2.27. The molecule has 2 saturated heterocycles. The van der Waals surface area contributed by atoms with Crippen LogP contribution in [-0.4, -0.2) is 108 Å². The number of benzene rings is 2. The first-order valence-corrected chi connectivity index (χ1v) is 19.5. The Morgan fingerprint density at radius 3 is 1.42 bits per heavy atom. The first-order valence-electron chi connectivity index (χ1n) is 17.9. The third kappa shape index (κ3) is 9.23. The summed E-state index contributed by atoms with van der Waals surface area (Å²) in [6.45, 7) is 16.5. The summed E-state index contributed by atoms with van der Waals surface area (Å²) in [5, 5.41) is 24.7. The molecule has 2 aromatic carbocycles. The number of ether oxygens (including phenoxy) is 2. The predicted octanol–water partition coefficient (Wildman–Crippen LogP) is 5.27. The summed E-state index contributed by atoms with van der Waals surface area (Å²) in [5.41, 5.74) is 5.25. The molecule has 2 fully saturated rings. The monoisotopic (exact) mass is 762 g/mol. The summed E-state index contributed by atoms with van der Waals surface area (Å²) < 4.78 is 11.4. The van der Waals surface area contributed by atoms with Gasteiger partial charge in [-0.1, -0.05) is 54.4 Å². The number of nitrogens with one attached hydrogen (secondary N) is 2. The zero-order valence-corrected chi connectivity index (χ0v) is 31.8. The van der Waals surface area contributed by atoms with Crippen LogP contribution in [0.4, 0.5) is 20.5 Å². The van der Waals surface area contributed by atoms with Gasteiger partial charge in [0.05, 0.1) is 13.2 Å². The van der Waals surface area contributed by atoms with Crippen molar-refractivity contribution < 1.29 is 19.1 Å². The molecule has 53 heavy (non-hydrogen) atoms. The van der Waals surface area contributed by atoms with E-state index in [0.717, 1.165) is 100 Å². The largest absolute Gasteiger partial charge is 0.493 e. The lowest BCUT2D eigenvalue weighted by atomic mass is 10.0. The number of hydrogen-bond acceptors (Lipinski definition) is 14. The van der Waals surface area contributed by atoms with Crippen molar-refractivity contribution in [1.29, 1.82) is 0 Å². The van der Waals surface area contributed by atoms with Gasteiger partial charge in [0.15, 0.2) is 0 Å². The molecule has 0 radical (unpaired) electrons. The van der Waals surface area contributed by atoms with Crippen molar-refractivity contribution in [2.24, 2.45) is 0 Å². The molecule has 0 saturated carbocycles. The predicted molar refractivity (Wildman–Crippen MR) is 211 cm³/mol. The molecule has 14 nitrogen and oxygen atoms in total. The molecule has 0 unspecified atom stereocenters. The minimum Gasteiger partial charge on any atom is -0.493 e. The van der Waals surface area contributed by atoms with Gasteiger partial charge in [0.25, 0.3) is 0 Å². The van der Waals surface area contributed by atoms with Crippen LogP contribution >= 0.6 is 22.7 Å². The Morgan fingerprint density at radius 2 is 1.04 bits per heavy atom. The number of carbonyl (C=O) groups excluding carboxylic acids is 2. The molecule has 4 aromatic rings. The van der Waals surface area contributed by atoms with E-state index in [4.69, 9.17) is 9.47 Å². The van der Waals surface area contributed by atoms with Crippen LogP contribution in [-0.2, 0) is 22.4 Å². The molecule has 0 bridgehead atoms. The standard InChI is InChI=1S/2C18H23N5O2S.CH4/c2*1-12(15-4-3-14-5-10-25-16(14)11-15)22-6-8-23(9-7-22)18-21-20-17(26-18)19-13(2)24;/h2*3-4,11-12H,5-10H2,1-2H3,(H,19,20,24);1H4/t2*12-;/m10./s1. The molecule has 0 aliphatic carbocycles. The zero-order valence-electron chi connectivity index (χ0n) is 30.1. The second-order valence-electron chi connectivity index (χ2n) is 13.5. The Balaban J connectivity index is 0.000000178. The number of hydrogen-bond donors (Lipinski definition) is 2. The summed E-state index contributed by atoms with van der Waals surface area (Å²) in [5.74, 6) is 1.86. The van der Waals surface area contributed by atoms with Gasteiger partial charge in [-0.05, 0) is 48.2 Å². The summed E-state index contributed by atoms with van der Waals surface area (Å²) in [4.78, 5) is 31.7. The van der Waals surface area contributed by atoms with Crippen molar-refractivity contribution >= 4 is 55.0 Å². The minimum absolute atomic E-state index is 0. The number of amides is 2. The highest BCUT2D eigenvalue weighted by Crippen LogP contribution is 2.34. The summed E-state index contributed by atoms with van der Waals surface area (Å²) in [6.07, 6.45) is 2.04. The maximum atomic E-state index is 11.1. The molecule has 16 heteroatoms. The van der Waals surface area contributed by atoms with E-state index in [0.29, 0.717) is 22.3 Å². The molecule has 2 atom stereocenters. The molecule has 2 N–H and O–H groups in total. The van der Waals surface area contributed by atoms with E-state index >= 15 is 0 Å². The van der Waals surface area contributed by atoms with Crippen molar-refractivity contribution in [2.45, 2.75) is 60.0 Å². The third-order valence-electron chi connectivity index (χ3n) is 10.1. The number of piperazine rings is 2. The van der Waals surface area contributed by atoms with Gasteiger partial charge in [-0.2, -0.15) is 0 Å². The van der Waals surface area contributed by atoms with Crippen molar-refractivity contribution in [2.75, 3.05) is 86.0 Å². The van der Waals surface area contributed by atoms with Crippen LogP contribution in [0.3, 0.4) is 0 Å². The Labute approximate surface area is 319 Å². The molecule has 4 aliphatic heterocycles. The average Bonchev–Trinajstić information content (AvgIpc) is 3.98. The smallest absolute Gasteiger partial charge is 0.223 e. The first-order chi connectivity index (χ1) is 25.2. The number of aromatic nitrogens is 4. The zero-order chi connectivity index (χ0) is 36.2. The topological polar surface area (TPSA) is 141 Å². The molecular formula is C37H50N10O4S2. The highest BCUT2D eigenvalue weighted by atomic mass is 32.1. The van der Waals surface area contributed by atoms with E-state index < -0.39 is 0 Å². The number of nitrogens with zero attached hydrogens (tertiary/aromatic N) is 8. The number of carbonyl (C=O) groups is 2. The van der Waals surface area contributed by atoms with E-state index in [1.165, 1.54) is 58.8 Å². The number of rotatable bonds is 8. The first kappa shape index (κ1) is 38.3. The van der Waals surface area contributed by atoms with Crippen molar-refractivity contribution in [1.82, 2.24) is 30.2 Å². The molecule has 6 heterocycles. The average molecular weight is 763 g/mol. The fourth-order valence-corrected chi connectivity index (χ4v) is 8.68. The lowest BCUT2D eigenvalue weighted by Gasteiger charge is -2.38. The Kier molecular flexibility index (Phi) is 12.4. The molecule has 2 aromatic heterocycles. The van der Waals surface area contributed by atoms with Crippen LogP contribution in [0.2, 0.25) is 0 Å². The minimum atomic E-state index is -0.121. The van der Waals surface area contributed by atoms with E-state index in [1.54, 1.807) is 0 Å². The van der Waals surface area contributed by atoms with Crippen LogP contribution in [0.15, 0.2) is 36.4 Å². The van der Waals surface area contributed by atoms with Crippen LogP contribution in [0.25, 0.3) is 0 Å². The normalized spacial score (nSPS) is 18.0. The van der Waals surface area contributed by atoms with Crippen molar-refractivity contribution in [3.63, 3.8) is 0 Å². The van der Waals surface area contributed by atoms with E-state index in [9.17, 15) is 9.59 Å². The maximum Gasteiger partial charge on any atom is 0.223 e. The van der Waals surface area contributed by atoms with Crippen LogP contribution in [0, 0.1) is 0 Å². The van der Waals surface area contributed by atoms with Crippen LogP contribution in [0.5, 0.6) is 11.5 Å². The molecule has 4 aliphatic rings. The highest BCUT2D eigenvalue weighted by molar-refractivity contribution is 7.19. The Bertz CT molecular complexity index is 1740. The van der Waals surface area contributed by atoms with E-state index in [1.807, 2.05) is 0 Å². The van der Waals surface area contributed by atoms with Gasteiger partial charge < -0.3 is 29.9 Å². The molecule has 0 spiro atoms. The summed E-state index contributed by atoms with van der Waals surface area (Å²) in [7, 11) is 0. The SMILES string of the molecule is C.CC(=O)Nc1nnc(N2CCN([C@@H](C)c3ccc4c(c3)OCC4)CC2)s1.CC(=O)Nc1nnc(N2CCN([C@H](C)c3ccc4c(c3)OCC4)CC2)s1. The Morgan fingerprint density at radius 1 is 0.642 bits per heavy atom. The van der Waals surface area contributed by atoms with Gasteiger partial charge in [-0.15, -0.1) is 20.4 Å². The van der Waals surface area contributed by atoms with Crippen LogP contribution in [0.1, 0.15) is 69.5 Å². The maximum absolute atomic E-state index is 11.1. The number of anilines is 4. The van der Waals surface area contributed by atoms with Gasteiger partial charge >= 0.3 is 0 Å². The van der Waals surface area contributed by atoms with E-state index in [-0.39, 0.29) is 19.2 Å². The molecule has 2 amide bonds. The Hall–Kier alpha value is -4.38. The van der Waals surface area contributed by atoms with Gasteiger partial charge in [-0.25, -0.2) is 0 Å². The molecule has 284 valence electrons. The number of fused-ring (bicyclic) bond motifs is 2. The molecule has 8 rings (SSSR count). The van der Waals surface area contributed by atoms with Gasteiger partial charge in [0.1, 0.15) is 11.5 Å². The summed E-state index contributed by atoms with van der Waals surface area (Å²) >= 11 is 2.85. The van der Waals surface area contributed by atoms with E-state index in [2.05, 4.69) is 101 Å². The van der Waals surface area contributed by atoms with Gasteiger partial charge in [0.2, 0.25) is 32.3 Å². The fourth-order valence-electron chi connectivity index (χ4n) is 7.00. The summed E-state index contributed by atoms with van der Waals surface area (Å²) in [6, 6.07) is 14.0. The second kappa shape index (κ2) is 17.2. The van der Waals surface area contributed by atoms with Crippen LogP contribution < -0.4 is 29.9 Å². The van der Waals surface area contributed by atoms with Crippen molar-refractivity contribution in [3.05, 3.63) is 58.7 Å². The lowest BCUT2D eigenvalue weighted by molar-refractivity contribution is -0.115. The third-order valence-corrected chi connectivity index (χ3v) is 11.9. The lowest BCUT2D eigenvalue weighted by Crippen LogP contribution is -2.47. The van der Waals surface area contributed by atoms with Gasteiger partial charge in [0, 0.05) is 91.1 Å². The fraction of sp³-hybridized carbons (Fsp3) is 0.514. The second-order valence-corrected chi connectivity index (χ2v) is 15.4. The quantitative estimate of drug-likeness (QED) is 0.242. The van der Waals surface area contributed by atoms with Crippen molar-refractivity contribution in [3.8, 4) is 11.5 Å². The van der Waals surface area contributed by atoms with Gasteiger partial charge in [-0.3, -0.25) is 19.4 Å².